The van der Waals surface area contributed by atoms with Gasteiger partial charge in [0, 0.05) is 29.6 Å². The van der Waals surface area contributed by atoms with Crippen LogP contribution < -0.4 is 0 Å². The summed E-state index contributed by atoms with van der Waals surface area (Å²) in [7, 11) is 0. The molecule has 0 spiro atoms. The van der Waals surface area contributed by atoms with Crippen molar-refractivity contribution in [2.75, 3.05) is 13.1 Å². The minimum Gasteiger partial charge on any atom is -0.389 e. The fraction of sp³-hybridized carbons (Fsp3) is 0.588. The molecule has 0 bridgehead atoms. The summed E-state index contributed by atoms with van der Waals surface area (Å²) in [6.45, 7) is 3.32. The van der Waals surface area contributed by atoms with E-state index in [0.29, 0.717) is 36.0 Å². The molecule has 0 unspecified atom stereocenters. The number of piperidine rings is 1. The maximum absolute atomic E-state index is 12.5. The molecule has 1 saturated carbocycles. The highest BCUT2D eigenvalue weighted by Gasteiger charge is 2.47. The highest BCUT2D eigenvalue weighted by atomic mass is 35.5. The van der Waals surface area contributed by atoms with E-state index < -0.39 is 5.60 Å². The molecule has 2 atom stereocenters. The average molecular weight is 308 g/mol. The lowest BCUT2D eigenvalue weighted by molar-refractivity contribution is -0.122. The molecule has 1 aliphatic heterocycles. The van der Waals surface area contributed by atoms with E-state index >= 15 is 0 Å². The molecular weight excluding hydrogens is 286 g/mol. The van der Waals surface area contributed by atoms with E-state index in [1.54, 1.807) is 24.3 Å². The van der Waals surface area contributed by atoms with Gasteiger partial charge >= 0.3 is 0 Å². The van der Waals surface area contributed by atoms with E-state index in [1.807, 2.05) is 4.90 Å². The monoisotopic (exact) mass is 307 g/mol. The van der Waals surface area contributed by atoms with Gasteiger partial charge in [0.25, 0.3) is 5.91 Å². The third-order valence-electron chi connectivity index (χ3n) is 5.30. The lowest BCUT2D eigenvalue weighted by atomic mass is 9.65. The van der Waals surface area contributed by atoms with Gasteiger partial charge in [-0.25, -0.2) is 0 Å². The average Bonchev–Trinajstić information content (AvgIpc) is 2.39. The first-order valence-electron chi connectivity index (χ1n) is 7.78. The van der Waals surface area contributed by atoms with Gasteiger partial charge in [0.15, 0.2) is 0 Å². The van der Waals surface area contributed by atoms with Crippen molar-refractivity contribution in [2.24, 2.45) is 11.8 Å². The van der Waals surface area contributed by atoms with Crippen LogP contribution in [0.3, 0.4) is 0 Å². The predicted molar refractivity (Wildman–Crippen MR) is 83.4 cm³/mol. The first-order chi connectivity index (χ1) is 10.0. The fourth-order valence-corrected chi connectivity index (χ4v) is 3.83. The van der Waals surface area contributed by atoms with Crippen LogP contribution in [0.4, 0.5) is 0 Å². The zero-order valence-electron chi connectivity index (χ0n) is 12.4. The van der Waals surface area contributed by atoms with Crippen LogP contribution in [-0.2, 0) is 0 Å². The second kappa shape index (κ2) is 5.62. The number of halogens is 1. The molecule has 3 rings (SSSR count). The van der Waals surface area contributed by atoms with Gasteiger partial charge in [0.2, 0.25) is 0 Å². The quantitative estimate of drug-likeness (QED) is 0.910. The predicted octanol–water partition coefficient (Wildman–Crippen LogP) is 3.35. The van der Waals surface area contributed by atoms with Crippen molar-refractivity contribution in [3.8, 4) is 0 Å². The van der Waals surface area contributed by atoms with Gasteiger partial charge < -0.3 is 10.0 Å². The Morgan fingerprint density at radius 1 is 1.43 bits per heavy atom. The lowest BCUT2D eigenvalue weighted by Gasteiger charge is -2.50. The number of benzene rings is 1. The van der Waals surface area contributed by atoms with Crippen LogP contribution in [-0.4, -0.2) is 34.6 Å². The van der Waals surface area contributed by atoms with Gasteiger partial charge in [-0.15, -0.1) is 0 Å². The third-order valence-corrected chi connectivity index (χ3v) is 5.54. The van der Waals surface area contributed by atoms with E-state index in [2.05, 4.69) is 6.92 Å². The molecule has 0 radical (unpaired) electrons. The Morgan fingerprint density at radius 2 is 2.19 bits per heavy atom. The van der Waals surface area contributed by atoms with Gasteiger partial charge in [0.05, 0.1) is 5.60 Å². The minimum atomic E-state index is -0.580. The number of nitrogens with zero attached hydrogens (tertiary/aromatic N) is 1. The minimum absolute atomic E-state index is 0.0139. The van der Waals surface area contributed by atoms with E-state index in [4.69, 9.17) is 11.6 Å². The SMILES string of the molecule is C[C@@H]1CN(C(=O)c2cccc(Cl)c2)CC[C@@]1(O)C1CCC1. The zero-order valence-corrected chi connectivity index (χ0v) is 13.1. The fourth-order valence-electron chi connectivity index (χ4n) is 3.64. The van der Waals surface area contributed by atoms with Gasteiger partial charge in [-0.05, 0) is 43.4 Å². The second-order valence-electron chi connectivity index (χ2n) is 6.53. The van der Waals surface area contributed by atoms with Gasteiger partial charge in [-0.1, -0.05) is 31.0 Å². The summed E-state index contributed by atoms with van der Waals surface area (Å²) in [5.41, 5.74) is 0.0485. The Morgan fingerprint density at radius 3 is 2.76 bits per heavy atom. The molecule has 4 heteroatoms. The molecule has 2 fully saturated rings. The number of amides is 1. The maximum atomic E-state index is 12.5. The molecule has 114 valence electrons. The molecule has 1 aromatic rings. The molecule has 1 N–H and O–H groups in total. The lowest BCUT2D eigenvalue weighted by Crippen LogP contribution is -2.57. The first kappa shape index (κ1) is 14.9. The number of carbonyl (C=O) groups is 1. The standard InChI is InChI=1S/C17H22ClNO2/c1-12-11-19(9-8-17(12,21)14-5-3-6-14)16(20)13-4-2-7-15(18)10-13/h2,4,7,10,12,14,21H,3,5-6,8-9,11H2,1H3/t12-,17+/m1/s1. The molecule has 3 nitrogen and oxygen atoms in total. The van der Waals surface area contributed by atoms with E-state index in [1.165, 1.54) is 6.42 Å². The Balaban J connectivity index is 1.70. The highest BCUT2D eigenvalue weighted by Crippen LogP contribution is 2.44. The Kier molecular flexibility index (Phi) is 3.98. The van der Waals surface area contributed by atoms with Crippen LogP contribution >= 0.6 is 11.6 Å². The number of hydrogen-bond acceptors (Lipinski definition) is 2. The van der Waals surface area contributed by atoms with Crippen molar-refractivity contribution < 1.29 is 9.90 Å². The van der Waals surface area contributed by atoms with Crippen molar-refractivity contribution in [2.45, 2.75) is 38.2 Å². The Bertz CT molecular complexity index is 543. The van der Waals surface area contributed by atoms with Crippen molar-refractivity contribution >= 4 is 17.5 Å². The third kappa shape index (κ3) is 2.69. The summed E-state index contributed by atoms with van der Waals surface area (Å²) in [5.74, 6) is 0.565. The molecule has 1 aliphatic carbocycles. The molecule has 1 saturated heterocycles. The molecule has 0 aromatic heterocycles. The number of aliphatic hydroxyl groups is 1. The number of likely N-dealkylation sites (tertiary alicyclic amines) is 1. The summed E-state index contributed by atoms with van der Waals surface area (Å²) in [6, 6.07) is 7.08. The largest absolute Gasteiger partial charge is 0.389 e. The van der Waals surface area contributed by atoms with Crippen molar-refractivity contribution in [1.29, 1.82) is 0 Å². The molecule has 21 heavy (non-hydrogen) atoms. The topological polar surface area (TPSA) is 40.5 Å². The first-order valence-corrected chi connectivity index (χ1v) is 8.16. The molecule has 2 aliphatic rings. The number of rotatable bonds is 2. The van der Waals surface area contributed by atoms with Crippen LogP contribution in [0, 0.1) is 11.8 Å². The van der Waals surface area contributed by atoms with Gasteiger partial charge in [-0.3, -0.25) is 4.79 Å². The molecule has 1 aromatic carbocycles. The Hall–Kier alpha value is -1.06. The summed E-state index contributed by atoms with van der Waals surface area (Å²) in [6.07, 6.45) is 4.17. The van der Waals surface area contributed by atoms with Crippen LogP contribution in [0.15, 0.2) is 24.3 Å². The molecular formula is C17H22ClNO2. The van der Waals surface area contributed by atoms with Crippen LogP contribution in [0.2, 0.25) is 5.02 Å². The van der Waals surface area contributed by atoms with Gasteiger partial charge in [0.1, 0.15) is 0 Å². The smallest absolute Gasteiger partial charge is 0.253 e. The van der Waals surface area contributed by atoms with Crippen molar-refractivity contribution in [1.82, 2.24) is 4.90 Å². The van der Waals surface area contributed by atoms with Crippen molar-refractivity contribution in [3.05, 3.63) is 34.9 Å². The molecule has 1 heterocycles. The summed E-state index contributed by atoms with van der Waals surface area (Å²) in [5, 5.41) is 11.5. The molecule has 1 amide bonds. The highest BCUT2D eigenvalue weighted by molar-refractivity contribution is 6.30. The van der Waals surface area contributed by atoms with Crippen LogP contribution in [0.25, 0.3) is 0 Å². The summed E-state index contributed by atoms with van der Waals surface area (Å²) < 4.78 is 0. The summed E-state index contributed by atoms with van der Waals surface area (Å²) >= 11 is 5.96. The maximum Gasteiger partial charge on any atom is 0.253 e. The van der Waals surface area contributed by atoms with E-state index in [0.717, 1.165) is 12.8 Å². The van der Waals surface area contributed by atoms with Crippen molar-refractivity contribution in [3.63, 3.8) is 0 Å². The van der Waals surface area contributed by atoms with Crippen LogP contribution in [0.5, 0.6) is 0 Å². The van der Waals surface area contributed by atoms with Crippen LogP contribution in [0.1, 0.15) is 43.0 Å². The second-order valence-corrected chi connectivity index (χ2v) is 6.97. The normalized spacial score (nSPS) is 30.0. The zero-order chi connectivity index (χ0) is 15.0. The summed E-state index contributed by atoms with van der Waals surface area (Å²) in [4.78, 5) is 14.4. The number of carbonyl (C=O) groups excluding carboxylic acids is 1. The number of hydrogen-bond donors (Lipinski definition) is 1. The van der Waals surface area contributed by atoms with Gasteiger partial charge in [-0.2, -0.15) is 0 Å². The van der Waals surface area contributed by atoms with E-state index in [9.17, 15) is 9.90 Å². The Labute approximate surface area is 130 Å². The van der Waals surface area contributed by atoms with E-state index in [-0.39, 0.29) is 11.8 Å².